The lowest BCUT2D eigenvalue weighted by Gasteiger charge is -2.71. The average Bonchev–Trinajstić information content (AvgIpc) is 3.91. The van der Waals surface area contributed by atoms with E-state index in [4.69, 9.17) is 37.9 Å². The van der Waals surface area contributed by atoms with Crippen molar-refractivity contribution in [1.29, 1.82) is 0 Å². The van der Waals surface area contributed by atoms with Gasteiger partial charge in [-0.25, -0.2) is 0 Å². The Bertz CT molecular complexity index is 2070. The lowest BCUT2D eigenvalue weighted by atomic mass is 9.35. The molecule has 0 aromatic heterocycles. The summed E-state index contributed by atoms with van der Waals surface area (Å²) in [4.78, 5) is 13.3. The number of carbonyl (C=O) groups is 1. The molecule has 8 aliphatic rings. The summed E-state index contributed by atoms with van der Waals surface area (Å²) < 4.78 is 48.6. The maximum atomic E-state index is 13.3. The lowest BCUT2D eigenvalue weighted by Crippen LogP contribution is -2.68. The maximum absolute atomic E-state index is 13.3. The number of ether oxygens (including phenoxy) is 8. The third-order valence-corrected chi connectivity index (χ3v) is 21.0. The highest BCUT2D eigenvalue weighted by molar-refractivity contribution is 5.94. The van der Waals surface area contributed by atoms with Gasteiger partial charge in [0.2, 0.25) is 0 Å². The summed E-state index contributed by atoms with van der Waals surface area (Å²) in [5.74, 6) is -1.09. The minimum absolute atomic E-state index is 0.00460. The van der Waals surface area contributed by atoms with Gasteiger partial charge in [-0.05, 0) is 116 Å². The normalized spacial score (nSPS) is 52.1. The van der Waals surface area contributed by atoms with E-state index in [0.29, 0.717) is 37.7 Å². The number of ketones is 1. The van der Waals surface area contributed by atoms with Gasteiger partial charge >= 0.3 is 0 Å². The highest BCUT2D eigenvalue weighted by Crippen LogP contribution is 2.76. The van der Waals surface area contributed by atoms with Gasteiger partial charge in [-0.1, -0.05) is 41.2 Å². The summed E-state index contributed by atoms with van der Waals surface area (Å²) in [6, 6.07) is 0. The third kappa shape index (κ3) is 10.7. The molecule has 8 fully saturated rings. The molecule has 24 nitrogen and oxygen atoms in total. The van der Waals surface area contributed by atoms with Crippen LogP contribution in [0.4, 0.5) is 0 Å². The molecule has 8 rings (SSSR count). The van der Waals surface area contributed by atoms with Crippen LogP contribution in [0.15, 0.2) is 12.2 Å². The molecule has 0 bridgehead atoms. The van der Waals surface area contributed by atoms with Crippen molar-refractivity contribution in [2.75, 3.05) is 26.4 Å². The molecule has 0 unspecified atom stereocenters. The third-order valence-electron chi connectivity index (χ3n) is 21.0. The van der Waals surface area contributed by atoms with Crippen molar-refractivity contribution in [1.82, 2.24) is 0 Å². The second-order valence-electron chi connectivity index (χ2n) is 25.6. The zero-order chi connectivity index (χ0) is 57.5. The summed E-state index contributed by atoms with van der Waals surface area (Å²) in [5, 5.41) is 162. The van der Waals surface area contributed by atoms with Crippen LogP contribution < -0.4 is 0 Å². The highest BCUT2D eigenvalue weighted by Gasteiger charge is 2.72. The molecule has 15 N–H and O–H groups in total. The van der Waals surface area contributed by atoms with Crippen LogP contribution in [-0.4, -0.2) is 249 Å². The van der Waals surface area contributed by atoms with Crippen molar-refractivity contribution < 1.29 is 119 Å². The summed E-state index contributed by atoms with van der Waals surface area (Å²) in [6.45, 7) is 15.6. The first-order valence-electron chi connectivity index (χ1n) is 27.9. The number of aliphatic hydroxyl groups is 15. The minimum atomic E-state index is -1.83. The molecule has 450 valence electrons. The molecule has 0 spiro atoms. The van der Waals surface area contributed by atoms with E-state index in [0.717, 1.165) is 12.8 Å². The summed E-state index contributed by atoms with van der Waals surface area (Å²) >= 11 is 0. The van der Waals surface area contributed by atoms with Gasteiger partial charge in [-0.3, -0.25) is 4.79 Å². The quantitative estimate of drug-likeness (QED) is 0.0509. The Morgan fingerprint density at radius 1 is 0.577 bits per heavy atom. The van der Waals surface area contributed by atoms with E-state index in [-0.39, 0.29) is 41.3 Å². The van der Waals surface area contributed by atoms with Gasteiger partial charge in [0.25, 0.3) is 0 Å². The van der Waals surface area contributed by atoms with E-state index in [2.05, 4.69) is 41.2 Å². The van der Waals surface area contributed by atoms with E-state index in [1.807, 2.05) is 6.92 Å². The highest BCUT2D eigenvalue weighted by atomic mass is 16.8. The molecule has 30 atom stereocenters. The number of carbonyl (C=O) groups excluding carboxylic acids is 1. The molecular formula is C54H90O24. The number of Topliss-reactive ketones (excluding diaryl/α,β-unsaturated/α-hetero) is 1. The maximum Gasteiger partial charge on any atom is 0.187 e. The van der Waals surface area contributed by atoms with Crippen LogP contribution >= 0.6 is 0 Å². The molecule has 0 amide bonds. The molecule has 4 aliphatic carbocycles. The van der Waals surface area contributed by atoms with Crippen molar-refractivity contribution in [3.8, 4) is 0 Å². The molecular weight excluding hydrogens is 1030 g/mol. The van der Waals surface area contributed by atoms with Crippen LogP contribution in [-0.2, 0) is 42.7 Å². The minimum Gasteiger partial charge on any atom is -0.394 e. The van der Waals surface area contributed by atoms with Crippen LogP contribution in [0.3, 0.4) is 0 Å². The zero-order valence-electron chi connectivity index (χ0n) is 45.8. The SMILES string of the molecule is C=C(C)C(=O)CC[C@](C)(O[C@H]1O[C@H](CO[C@@H]2O[C@H](CO)[C@@H](O)[C@H](O)[C@H]2O)[C@@H](O)[C@H](O)[C@H]1O)[C@H]1CC[C@]2(C)[C@@H]1[C@H](O)C[C@@H]1[C@@]3(C)CC[C@H](O[C@@H]4O[C@H](CO)[C@@H](O)[C@H](O)[C@H]4O[C@@H]4O[C@H](CO)[C@@H](O)[C@H](O)[C@H]4O)C(C)(C)[C@@H]3CC[C@]12C. The molecule has 0 aromatic carbocycles. The number of fused-ring (bicyclic) bond motifs is 5. The Morgan fingerprint density at radius 2 is 1.08 bits per heavy atom. The Balaban J connectivity index is 1.02. The van der Waals surface area contributed by atoms with Crippen molar-refractivity contribution in [3.63, 3.8) is 0 Å². The molecule has 0 radical (unpaired) electrons. The number of hydrogen-bond acceptors (Lipinski definition) is 24. The van der Waals surface area contributed by atoms with Crippen LogP contribution in [0, 0.1) is 45.3 Å². The first-order chi connectivity index (χ1) is 36.5. The molecule has 4 saturated carbocycles. The Labute approximate surface area is 454 Å². The number of hydrogen-bond donors (Lipinski definition) is 15. The standard InChI is InChI=1S/C54H90O24/c1-22(2)24(58)10-16-54(8,78-48-44(70)40(66)37(63)29(75-48)21-71-46-42(68)38(64)34(60)26(18-55)72-46)23-9-14-53(7)33(23)25(59)17-31-51(5)13-12-32(50(3,4)30(51)11-15-52(31,53)6)76-49-45(41(67)36(62)28(20-57)74-49)77-47-43(69)39(65)35(61)27(19-56)73-47/h23,25-49,55-57,59-70H,1,9-21H2,2-8H3/t23-,25+,26+,27+,28+,29+,30-,31+,32-,33-,34+,35+,36+,37+,38-,39-,40-,41-,42+,43+,44+,45+,46+,47-,48+,49-,51-,52+,53+,54-/m0/s1. The molecule has 4 heterocycles. The fourth-order valence-electron chi connectivity index (χ4n) is 16.2. The largest absolute Gasteiger partial charge is 0.394 e. The van der Waals surface area contributed by atoms with Gasteiger partial charge in [0.05, 0.1) is 44.2 Å². The van der Waals surface area contributed by atoms with Crippen molar-refractivity contribution in [2.45, 2.75) is 247 Å². The first-order valence-corrected chi connectivity index (χ1v) is 27.9. The van der Waals surface area contributed by atoms with Crippen LogP contribution in [0.1, 0.15) is 106 Å². The van der Waals surface area contributed by atoms with Gasteiger partial charge in [0, 0.05) is 6.42 Å². The summed E-state index contributed by atoms with van der Waals surface area (Å²) in [7, 11) is 0. The van der Waals surface area contributed by atoms with Crippen molar-refractivity contribution in [2.24, 2.45) is 45.3 Å². The second kappa shape index (κ2) is 23.5. The average molecular weight is 1120 g/mol. The lowest BCUT2D eigenvalue weighted by molar-refractivity contribution is -0.378. The fraction of sp³-hybridized carbons (Fsp3) is 0.944. The van der Waals surface area contributed by atoms with Crippen LogP contribution in [0.25, 0.3) is 0 Å². The molecule has 0 aromatic rings. The van der Waals surface area contributed by atoms with E-state index < -0.39 is 190 Å². The van der Waals surface area contributed by atoms with E-state index in [1.165, 1.54) is 0 Å². The second-order valence-corrected chi connectivity index (χ2v) is 25.6. The molecule has 78 heavy (non-hydrogen) atoms. The van der Waals surface area contributed by atoms with Gasteiger partial charge in [0.15, 0.2) is 30.9 Å². The molecule has 24 heteroatoms. The van der Waals surface area contributed by atoms with Crippen molar-refractivity contribution >= 4 is 5.78 Å². The molecule has 4 aliphatic heterocycles. The first kappa shape index (κ1) is 62.5. The predicted octanol–water partition coefficient (Wildman–Crippen LogP) is -3.02. The summed E-state index contributed by atoms with van der Waals surface area (Å²) in [6.07, 6.45) is -29.6. The van der Waals surface area contributed by atoms with E-state index >= 15 is 0 Å². The van der Waals surface area contributed by atoms with E-state index in [9.17, 15) is 81.4 Å². The predicted molar refractivity (Wildman–Crippen MR) is 267 cm³/mol. The van der Waals surface area contributed by atoms with Crippen LogP contribution in [0.2, 0.25) is 0 Å². The van der Waals surface area contributed by atoms with Gasteiger partial charge in [0.1, 0.15) is 97.7 Å². The zero-order valence-corrected chi connectivity index (χ0v) is 45.8. The smallest absolute Gasteiger partial charge is 0.187 e. The number of rotatable bonds is 17. The van der Waals surface area contributed by atoms with Crippen LogP contribution in [0.5, 0.6) is 0 Å². The Kier molecular flexibility index (Phi) is 18.8. The number of allylic oxidation sites excluding steroid dienone is 1. The summed E-state index contributed by atoms with van der Waals surface area (Å²) in [5.41, 5.74) is -2.85. The number of aliphatic hydroxyl groups excluding tert-OH is 15. The van der Waals surface area contributed by atoms with Gasteiger partial charge in [-0.2, -0.15) is 0 Å². The molecule has 4 saturated heterocycles. The monoisotopic (exact) mass is 1120 g/mol. The van der Waals surface area contributed by atoms with Gasteiger partial charge in [-0.15, -0.1) is 0 Å². The Hall–Kier alpha value is -1.51. The Morgan fingerprint density at radius 3 is 1.65 bits per heavy atom. The van der Waals surface area contributed by atoms with Gasteiger partial charge < -0.3 is 114 Å². The fourth-order valence-corrected chi connectivity index (χ4v) is 16.2. The van der Waals surface area contributed by atoms with Crippen molar-refractivity contribution in [3.05, 3.63) is 12.2 Å². The van der Waals surface area contributed by atoms with E-state index in [1.54, 1.807) is 6.92 Å². The topological polar surface area (TPSA) is 394 Å².